The van der Waals surface area contributed by atoms with Crippen molar-refractivity contribution in [2.75, 3.05) is 13.7 Å². The Morgan fingerprint density at radius 3 is 3.10 bits per heavy atom. The van der Waals surface area contributed by atoms with Gasteiger partial charge in [0.1, 0.15) is 0 Å². The van der Waals surface area contributed by atoms with E-state index in [9.17, 15) is 0 Å². The molecular weight excluding hydrogens is 146 g/mol. The molecule has 0 radical (unpaired) electrons. The molecule has 1 rings (SSSR count). The number of hydrogen-bond donors (Lipinski definition) is 1. The van der Waals surface area contributed by atoms with Crippen molar-refractivity contribution in [1.82, 2.24) is 0 Å². The molecule has 1 atom stereocenters. The van der Waals surface area contributed by atoms with E-state index in [0.29, 0.717) is 6.61 Å². The highest BCUT2D eigenvalue weighted by molar-refractivity contribution is 7.10. The number of rotatable bonds is 3. The lowest BCUT2D eigenvalue weighted by Crippen LogP contribution is -2.14. The molecule has 1 heterocycles. The second kappa shape index (κ2) is 3.71. The van der Waals surface area contributed by atoms with Gasteiger partial charge in [-0.1, -0.05) is 6.07 Å². The van der Waals surface area contributed by atoms with Crippen LogP contribution in [0.4, 0.5) is 0 Å². The first-order valence-corrected chi connectivity index (χ1v) is 4.00. The van der Waals surface area contributed by atoms with Gasteiger partial charge < -0.3 is 10.5 Å². The Labute approximate surface area is 64.6 Å². The summed E-state index contributed by atoms with van der Waals surface area (Å²) < 4.78 is 4.91. The fraction of sp³-hybridized carbons (Fsp3) is 0.429. The Kier molecular flexibility index (Phi) is 2.86. The number of nitrogens with two attached hydrogens (primary N) is 1. The van der Waals surface area contributed by atoms with Crippen LogP contribution < -0.4 is 5.73 Å². The first-order valence-electron chi connectivity index (χ1n) is 3.12. The fourth-order valence-electron chi connectivity index (χ4n) is 0.764. The minimum atomic E-state index is 0.0463. The molecule has 0 bridgehead atoms. The number of methoxy groups -OCH3 is 1. The smallest absolute Gasteiger partial charge is 0.0663 e. The van der Waals surface area contributed by atoms with Crippen LogP contribution in [0.5, 0.6) is 0 Å². The maximum atomic E-state index is 5.74. The van der Waals surface area contributed by atoms with Gasteiger partial charge in [-0.2, -0.15) is 0 Å². The van der Waals surface area contributed by atoms with E-state index in [-0.39, 0.29) is 6.04 Å². The summed E-state index contributed by atoms with van der Waals surface area (Å²) in [7, 11) is 1.66. The molecule has 0 aliphatic rings. The Morgan fingerprint density at radius 1 is 1.80 bits per heavy atom. The van der Waals surface area contributed by atoms with E-state index in [4.69, 9.17) is 10.5 Å². The predicted octanol–water partition coefficient (Wildman–Crippen LogP) is 1.39. The number of hydrogen-bond acceptors (Lipinski definition) is 3. The van der Waals surface area contributed by atoms with Crippen LogP contribution in [-0.4, -0.2) is 13.7 Å². The molecule has 0 aliphatic carbocycles. The maximum absolute atomic E-state index is 5.74. The molecule has 0 amide bonds. The third-order valence-electron chi connectivity index (χ3n) is 1.25. The first-order chi connectivity index (χ1) is 4.84. The molecule has 0 spiro atoms. The summed E-state index contributed by atoms with van der Waals surface area (Å²) >= 11 is 1.67. The lowest BCUT2D eigenvalue weighted by molar-refractivity contribution is 0.182. The van der Waals surface area contributed by atoms with E-state index in [0.717, 1.165) is 0 Å². The highest BCUT2D eigenvalue weighted by Gasteiger charge is 2.04. The summed E-state index contributed by atoms with van der Waals surface area (Å²) in [6.07, 6.45) is 0. The molecule has 0 fully saturated rings. The molecule has 1 aromatic rings. The lowest BCUT2D eigenvalue weighted by atomic mass is 10.3. The van der Waals surface area contributed by atoms with Crippen LogP contribution in [0, 0.1) is 0 Å². The summed E-state index contributed by atoms with van der Waals surface area (Å²) in [6.45, 7) is 0.598. The van der Waals surface area contributed by atoms with E-state index >= 15 is 0 Å². The zero-order chi connectivity index (χ0) is 7.40. The van der Waals surface area contributed by atoms with Gasteiger partial charge in [-0.3, -0.25) is 0 Å². The molecule has 10 heavy (non-hydrogen) atoms. The van der Waals surface area contributed by atoms with E-state index in [2.05, 4.69) is 0 Å². The van der Waals surface area contributed by atoms with Crippen molar-refractivity contribution in [3.05, 3.63) is 22.4 Å². The Balaban J connectivity index is 2.50. The molecule has 0 saturated carbocycles. The minimum absolute atomic E-state index is 0.0463. The van der Waals surface area contributed by atoms with Crippen molar-refractivity contribution in [1.29, 1.82) is 0 Å². The zero-order valence-corrected chi connectivity index (χ0v) is 6.73. The standard InChI is InChI=1S/C7H11NOS/c1-9-5-6(8)7-3-2-4-10-7/h2-4,6H,5,8H2,1H3/t6-/m0/s1. The third-order valence-corrected chi connectivity index (χ3v) is 2.26. The molecule has 0 aliphatic heterocycles. The van der Waals surface area contributed by atoms with Gasteiger partial charge in [0.25, 0.3) is 0 Å². The van der Waals surface area contributed by atoms with Crippen molar-refractivity contribution in [2.45, 2.75) is 6.04 Å². The quantitative estimate of drug-likeness (QED) is 0.719. The van der Waals surface area contributed by atoms with Gasteiger partial charge in [-0.15, -0.1) is 11.3 Å². The van der Waals surface area contributed by atoms with Gasteiger partial charge in [0.05, 0.1) is 12.6 Å². The molecule has 0 unspecified atom stereocenters. The van der Waals surface area contributed by atoms with Crippen LogP contribution in [0.25, 0.3) is 0 Å². The third kappa shape index (κ3) is 1.80. The van der Waals surface area contributed by atoms with Gasteiger partial charge in [0.15, 0.2) is 0 Å². The molecular formula is C7H11NOS. The first kappa shape index (κ1) is 7.72. The summed E-state index contributed by atoms with van der Waals surface area (Å²) in [6, 6.07) is 4.06. The predicted molar refractivity (Wildman–Crippen MR) is 43.1 cm³/mol. The van der Waals surface area contributed by atoms with Crippen molar-refractivity contribution in [2.24, 2.45) is 5.73 Å². The van der Waals surface area contributed by atoms with Crippen LogP contribution >= 0.6 is 11.3 Å². The molecule has 0 saturated heterocycles. The van der Waals surface area contributed by atoms with Gasteiger partial charge in [0, 0.05) is 12.0 Å². The van der Waals surface area contributed by atoms with Crippen LogP contribution in [0.15, 0.2) is 17.5 Å². The molecule has 1 aromatic heterocycles. The monoisotopic (exact) mass is 157 g/mol. The van der Waals surface area contributed by atoms with Gasteiger partial charge in [-0.05, 0) is 11.4 Å². The molecule has 56 valence electrons. The average molecular weight is 157 g/mol. The Bertz CT molecular complexity index is 174. The second-order valence-electron chi connectivity index (χ2n) is 2.08. The van der Waals surface area contributed by atoms with Gasteiger partial charge >= 0.3 is 0 Å². The maximum Gasteiger partial charge on any atom is 0.0663 e. The van der Waals surface area contributed by atoms with Crippen molar-refractivity contribution >= 4 is 11.3 Å². The van der Waals surface area contributed by atoms with Crippen LogP contribution in [-0.2, 0) is 4.74 Å². The lowest BCUT2D eigenvalue weighted by Gasteiger charge is -2.06. The summed E-state index contributed by atoms with van der Waals surface area (Å²) in [5, 5.41) is 2.02. The van der Waals surface area contributed by atoms with Crippen LogP contribution in [0.3, 0.4) is 0 Å². The topological polar surface area (TPSA) is 35.2 Å². The van der Waals surface area contributed by atoms with Crippen LogP contribution in [0.2, 0.25) is 0 Å². The normalized spacial score (nSPS) is 13.4. The highest BCUT2D eigenvalue weighted by Crippen LogP contribution is 2.16. The summed E-state index contributed by atoms with van der Waals surface area (Å²) in [5.41, 5.74) is 5.74. The van der Waals surface area contributed by atoms with E-state index < -0.39 is 0 Å². The number of ether oxygens (including phenoxy) is 1. The van der Waals surface area contributed by atoms with Crippen molar-refractivity contribution in [3.8, 4) is 0 Å². The fourth-order valence-corrected chi connectivity index (χ4v) is 1.48. The van der Waals surface area contributed by atoms with Gasteiger partial charge in [-0.25, -0.2) is 0 Å². The second-order valence-corrected chi connectivity index (χ2v) is 3.06. The van der Waals surface area contributed by atoms with E-state index in [1.165, 1.54) is 4.88 Å². The Morgan fingerprint density at radius 2 is 2.60 bits per heavy atom. The summed E-state index contributed by atoms with van der Waals surface area (Å²) in [5.74, 6) is 0. The molecule has 3 heteroatoms. The highest BCUT2D eigenvalue weighted by atomic mass is 32.1. The molecule has 0 aromatic carbocycles. The average Bonchev–Trinajstić information content (AvgIpc) is 2.38. The number of thiophene rings is 1. The van der Waals surface area contributed by atoms with Crippen molar-refractivity contribution < 1.29 is 4.74 Å². The van der Waals surface area contributed by atoms with E-state index in [1.54, 1.807) is 18.4 Å². The molecule has 2 N–H and O–H groups in total. The van der Waals surface area contributed by atoms with E-state index in [1.807, 2.05) is 17.5 Å². The van der Waals surface area contributed by atoms with Gasteiger partial charge in [0.2, 0.25) is 0 Å². The largest absolute Gasteiger partial charge is 0.383 e. The van der Waals surface area contributed by atoms with Crippen LogP contribution in [0.1, 0.15) is 10.9 Å². The Hall–Kier alpha value is -0.380. The molecule has 2 nitrogen and oxygen atoms in total. The van der Waals surface area contributed by atoms with Crippen molar-refractivity contribution in [3.63, 3.8) is 0 Å². The summed E-state index contributed by atoms with van der Waals surface area (Å²) in [4.78, 5) is 1.18. The SMILES string of the molecule is COC[C@H](N)c1cccs1. The minimum Gasteiger partial charge on any atom is -0.383 e. The zero-order valence-electron chi connectivity index (χ0n) is 5.91.